The van der Waals surface area contributed by atoms with Gasteiger partial charge in [0.05, 0.1) is 11.9 Å². The Bertz CT molecular complexity index is 301. The van der Waals surface area contributed by atoms with Gasteiger partial charge < -0.3 is 10.6 Å². The molecule has 1 fully saturated rings. The Morgan fingerprint density at radius 3 is 2.80 bits per heavy atom. The first-order chi connectivity index (χ1) is 7.27. The summed E-state index contributed by atoms with van der Waals surface area (Å²) in [5, 5.41) is 6.72. The van der Waals surface area contributed by atoms with E-state index in [1.807, 2.05) is 0 Å². The average Bonchev–Trinajstić information content (AvgIpc) is 2.66. The van der Waals surface area contributed by atoms with Crippen molar-refractivity contribution >= 4 is 11.5 Å². The molecule has 0 unspecified atom stereocenters. The maximum Gasteiger partial charge on any atom is 0.142 e. The number of hydrogen-bond acceptors (Lipinski definition) is 3. The number of aromatic amines is 1. The van der Waals surface area contributed by atoms with Gasteiger partial charge in [-0.1, -0.05) is 19.3 Å². The van der Waals surface area contributed by atoms with E-state index in [4.69, 9.17) is 5.73 Å². The smallest absolute Gasteiger partial charge is 0.142 e. The molecule has 0 bridgehead atoms. The van der Waals surface area contributed by atoms with Gasteiger partial charge >= 0.3 is 0 Å². The number of rotatable bonds is 3. The second-order valence-corrected chi connectivity index (χ2v) is 4.55. The lowest BCUT2D eigenvalue weighted by Gasteiger charge is -2.27. The summed E-state index contributed by atoms with van der Waals surface area (Å²) in [7, 11) is 2.09. The second kappa shape index (κ2) is 4.55. The first-order valence-corrected chi connectivity index (χ1v) is 5.77. The maximum atomic E-state index is 5.79. The highest BCUT2D eigenvalue weighted by atomic mass is 15.2. The zero-order valence-electron chi connectivity index (χ0n) is 9.37. The zero-order chi connectivity index (χ0) is 10.7. The SMILES string of the molecule is CN(CC1CCCCC1)c1cn[nH]c1N. The first kappa shape index (κ1) is 10.3. The van der Waals surface area contributed by atoms with Crippen molar-refractivity contribution in [3.63, 3.8) is 0 Å². The lowest BCUT2D eigenvalue weighted by Crippen LogP contribution is -2.27. The van der Waals surface area contributed by atoms with Crippen LogP contribution in [0.25, 0.3) is 0 Å². The van der Waals surface area contributed by atoms with E-state index >= 15 is 0 Å². The van der Waals surface area contributed by atoms with Crippen LogP contribution in [0.1, 0.15) is 32.1 Å². The molecule has 0 saturated heterocycles. The van der Waals surface area contributed by atoms with Gasteiger partial charge in [-0.3, -0.25) is 5.10 Å². The number of nitrogens with zero attached hydrogens (tertiary/aromatic N) is 2. The summed E-state index contributed by atoms with van der Waals surface area (Å²) < 4.78 is 0. The number of hydrogen-bond donors (Lipinski definition) is 2. The monoisotopic (exact) mass is 208 g/mol. The predicted octanol–water partition coefficient (Wildman–Crippen LogP) is 2.01. The van der Waals surface area contributed by atoms with E-state index in [1.165, 1.54) is 32.1 Å². The van der Waals surface area contributed by atoms with Gasteiger partial charge in [-0.15, -0.1) is 0 Å². The molecule has 0 radical (unpaired) electrons. The van der Waals surface area contributed by atoms with E-state index in [9.17, 15) is 0 Å². The maximum absolute atomic E-state index is 5.79. The molecule has 1 saturated carbocycles. The van der Waals surface area contributed by atoms with Crippen LogP contribution in [-0.2, 0) is 0 Å². The van der Waals surface area contributed by atoms with E-state index in [1.54, 1.807) is 6.20 Å². The van der Waals surface area contributed by atoms with Gasteiger partial charge in [0.2, 0.25) is 0 Å². The molecule has 0 aliphatic heterocycles. The van der Waals surface area contributed by atoms with E-state index in [2.05, 4.69) is 22.1 Å². The quantitative estimate of drug-likeness (QED) is 0.799. The molecule has 1 aliphatic rings. The van der Waals surface area contributed by atoms with E-state index < -0.39 is 0 Å². The van der Waals surface area contributed by atoms with Crippen LogP contribution in [0.4, 0.5) is 11.5 Å². The standard InChI is InChI=1S/C11H20N4/c1-15(10-7-13-14-11(10)12)8-9-5-3-2-4-6-9/h7,9H,2-6,8H2,1H3,(H3,12,13,14). The third-order valence-corrected chi connectivity index (χ3v) is 3.32. The highest BCUT2D eigenvalue weighted by Crippen LogP contribution is 2.26. The number of anilines is 2. The van der Waals surface area contributed by atoms with Crippen molar-refractivity contribution in [3.05, 3.63) is 6.20 Å². The first-order valence-electron chi connectivity index (χ1n) is 5.77. The van der Waals surface area contributed by atoms with Gasteiger partial charge in [-0.25, -0.2) is 0 Å². The Kier molecular flexibility index (Phi) is 3.14. The van der Waals surface area contributed by atoms with Crippen LogP contribution < -0.4 is 10.6 Å². The van der Waals surface area contributed by atoms with Crippen molar-refractivity contribution in [3.8, 4) is 0 Å². The number of aromatic nitrogens is 2. The minimum absolute atomic E-state index is 0.674. The fraction of sp³-hybridized carbons (Fsp3) is 0.727. The van der Waals surface area contributed by atoms with Gasteiger partial charge in [0.1, 0.15) is 5.82 Å². The minimum Gasteiger partial charge on any atom is -0.382 e. The minimum atomic E-state index is 0.674. The topological polar surface area (TPSA) is 57.9 Å². The summed E-state index contributed by atoms with van der Waals surface area (Å²) in [6.07, 6.45) is 8.72. The molecule has 0 spiro atoms. The lowest BCUT2D eigenvalue weighted by atomic mass is 9.89. The van der Waals surface area contributed by atoms with Crippen LogP contribution in [0.15, 0.2) is 6.20 Å². The summed E-state index contributed by atoms with van der Waals surface area (Å²) in [5.41, 5.74) is 6.82. The lowest BCUT2D eigenvalue weighted by molar-refractivity contribution is 0.362. The predicted molar refractivity (Wildman–Crippen MR) is 62.8 cm³/mol. The van der Waals surface area contributed by atoms with Crippen molar-refractivity contribution in [1.29, 1.82) is 0 Å². The summed E-state index contributed by atoms with van der Waals surface area (Å²) >= 11 is 0. The zero-order valence-corrected chi connectivity index (χ0v) is 9.37. The molecule has 4 heteroatoms. The molecular formula is C11H20N4. The van der Waals surface area contributed by atoms with E-state index in [-0.39, 0.29) is 0 Å². The Balaban J connectivity index is 1.91. The molecule has 4 nitrogen and oxygen atoms in total. The Hall–Kier alpha value is -1.19. The van der Waals surface area contributed by atoms with Crippen LogP contribution in [0.3, 0.4) is 0 Å². The summed E-state index contributed by atoms with van der Waals surface area (Å²) in [6, 6.07) is 0. The fourth-order valence-corrected chi connectivity index (χ4v) is 2.45. The van der Waals surface area contributed by atoms with Gasteiger partial charge in [0.25, 0.3) is 0 Å². The van der Waals surface area contributed by atoms with Crippen LogP contribution in [-0.4, -0.2) is 23.8 Å². The second-order valence-electron chi connectivity index (χ2n) is 4.55. The molecule has 84 valence electrons. The van der Waals surface area contributed by atoms with Crippen molar-refractivity contribution < 1.29 is 0 Å². The molecule has 0 amide bonds. The fourth-order valence-electron chi connectivity index (χ4n) is 2.45. The Labute approximate surface area is 90.8 Å². The highest BCUT2D eigenvalue weighted by Gasteiger charge is 2.17. The van der Waals surface area contributed by atoms with Crippen molar-refractivity contribution in [2.24, 2.45) is 5.92 Å². The number of H-pyrrole nitrogens is 1. The molecule has 2 rings (SSSR count). The largest absolute Gasteiger partial charge is 0.382 e. The van der Waals surface area contributed by atoms with E-state index in [0.29, 0.717) is 5.82 Å². The van der Waals surface area contributed by atoms with Crippen LogP contribution in [0.5, 0.6) is 0 Å². The molecule has 1 aromatic rings. The van der Waals surface area contributed by atoms with E-state index in [0.717, 1.165) is 18.2 Å². The van der Waals surface area contributed by atoms with Crippen molar-refractivity contribution in [2.75, 3.05) is 24.2 Å². The molecule has 15 heavy (non-hydrogen) atoms. The summed E-state index contributed by atoms with van der Waals surface area (Å²) in [5.74, 6) is 1.51. The summed E-state index contributed by atoms with van der Waals surface area (Å²) in [4.78, 5) is 2.22. The Morgan fingerprint density at radius 2 is 2.20 bits per heavy atom. The molecule has 1 aliphatic carbocycles. The molecule has 1 heterocycles. The van der Waals surface area contributed by atoms with Crippen molar-refractivity contribution in [1.82, 2.24) is 10.2 Å². The Morgan fingerprint density at radius 1 is 1.47 bits per heavy atom. The number of nitrogens with one attached hydrogen (secondary N) is 1. The van der Waals surface area contributed by atoms with Gasteiger partial charge in [0, 0.05) is 13.6 Å². The molecule has 3 N–H and O–H groups in total. The molecular weight excluding hydrogens is 188 g/mol. The number of nitrogens with two attached hydrogens (primary N) is 1. The van der Waals surface area contributed by atoms with Crippen LogP contribution >= 0.6 is 0 Å². The van der Waals surface area contributed by atoms with Gasteiger partial charge in [-0.05, 0) is 18.8 Å². The van der Waals surface area contributed by atoms with Crippen molar-refractivity contribution in [2.45, 2.75) is 32.1 Å². The normalized spacial score (nSPS) is 17.9. The third-order valence-electron chi connectivity index (χ3n) is 3.32. The van der Waals surface area contributed by atoms with Gasteiger partial charge in [0.15, 0.2) is 0 Å². The molecule has 0 atom stereocenters. The molecule has 0 aromatic carbocycles. The average molecular weight is 208 g/mol. The number of nitrogen functional groups attached to an aromatic ring is 1. The molecule has 1 aromatic heterocycles. The summed E-state index contributed by atoms with van der Waals surface area (Å²) in [6.45, 7) is 1.10. The third kappa shape index (κ3) is 2.43. The van der Waals surface area contributed by atoms with Gasteiger partial charge in [-0.2, -0.15) is 5.10 Å². The van der Waals surface area contributed by atoms with Crippen LogP contribution in [0.2, 0.25) is 0 Å². The van der Waals surface area contributed by atoms with Crippen LogP contribution in [0, 0.1) is 5.92 Å². The highest BCUT2D eigenvalue weighted by molar-refractivity contribution is 5.61.